The van der Waals surface area contributed by atoms with Crippen LogP contribution in [0.2, 0.25) is 0 Å². The first-order valence-electron chi connectivity index (χ1n) is 5.49. The highest BCUT2D eigenvalue weighted by Crippen LogP contribution is 2.18. The third-order valence-corrected chi connectivity index (χ3v) is 2.80. The number of fused-ring (bicyclic) bond motifs is 1. The van der Waals surface area contributed by atoms with Crippen LogP contribution in [0.3, 0.4) is 0 Å². The number of nitrogens with one attached hydrogen (secondary N) is 1. The molecule has 16 heavy (non-hydrogen) atoms. The number of aryl methyl sites for hydroxylation is 1. The lowest BCUT2D eigenvalue weighted by Crippen LogP contribution is -2.17. The molecular weight excluding hydrogens is 198 g/mol. The lowest BCUT2D eigenvalue weighted by Gasteiger charge is -2.04. The minimum absolute atomic E-state index is 0.0403. The first-order valence-corrected chi connectivity index (χ1v) is 5.49. The molecule has 2 aromatic carbocycles. The highest BCUT2D eigenvalue weighted by Gasteiger charge is 2.03. The van der Waals surface area contributed by atoms with E-state index in [1.54, 1.807) is 7.05 Å². The van der Waals surface area contributed by atoms with Gasteiger partial charge in [-0.05, 0) is 34.9 Å². The SMILES string of the molecule is CCc1ccc2cc(C(=O)NC)ccc2c1. The number of amides is 1. The molecule has 82 valence electrons. The lowest BCUT2D eigenvalue weighted by atomic mass is 10.0. The molecule has 0 bridgehead atoms. The highest BCUT2D eigenvalue weighted by atomic mass is 16.1. The molecule has 2 heteroatoms. The number of hydrogen-bond acceptors (Lipinski definition) is 1. The lowest BCUT2D eigenvalue weighted by molar-refractivity contribution is 0.0963. The first kappa shape index (κ1) is 10.7. The van der Waals surface area contributed by atoms with Gasteiger partial charge < -0.3 is 5.32 Å². The number of carbonyl (C=O) groups is 1. The van der Waals surface area contributed by atoms with E-state index in [0.717, 1.165) is 11.8 Å². The molecule has 0 radical (unpaired) electrons. The van der Waals surface area contributed by atoms with Gasteiger partial charge in [-0.1, -0.05) is 31.2 Å². The maximum absolute atomic E-state index is 11.5. The van der Waals surface area contributed by atoms with Crippen molar-refractivity contribution in [1.82, 2.24) is 5.32 Å². The smallest absolute Gasteiger partial charge is 0.251 e. The summed E-state index contributed by atoms with van der Waals surface area (Å²) in [5.74, 6) is -0.0403. The second kappa shape index (κ2) is 4.35. The molecule has 0 fully saturated rings. The number of benzene rings is 2. The van der Waals surface area contributed by atoms with E-state index in [9.17, 15) is 4.79 Å². The van der Waals surface area contributed by atoms with E-state index >= 15 is 0 Å². The molecule has 0 aliphatic carbocycles. The van der Waals surface area contributed by atoms with E-state index in [-0.39, 0.29) is 5.91 Å². The maximum Gasteiger partial charge on any atom is 0.251 e. The molecule has 0 aliphatic heterocycles. The molecule has 0 atom stereocenters. The fourth-order valence-electron chi connectivity index (χ4n) is 1.80. The second-order valence-electron chi connectivity index (χ2n) is 3.83. The zero-order valence-corrected chi connectivity index (χ0v) is 9.58. The summed E-state index contributed by atoms with van der Waals surface area (Å²) in [6, 6.07) is 12.1. The van der Waals surface area contributed by atoms with Gasteiger partial charge in [-0.25, -0.2) is 0 Å². The van der Waals surface area contributed by atoms with Crippen molar-refractivity contribution in [2.24, 2.45) is 0 Å². The van der Waals surface area contributed by atoms with Crippen LogP contribution in [0, 0.1) is 0 Å². The Morgan fingerprint density at radius 2 is 1.81 bits per heavy atom. The Labute approximate surface area is 95.3 Å². The van der Waals surface area contributed by atoms with Crippen molar-refractivity contribution in [3.63, 3.8) is 0 Å². The number of carbonyl (C=O) groups excluding carboxylic acids is 1. The first-order chi connectivity index (χ1) is 7.74. The monoisotopic (exact) mass is 213 g/mol. The van der Waals surface area contributed by atoms with Crippen molar-refractivity contribution in [1.29, 1.82) is 0 Å². The van der Waals surface area contributed by atoms with Crippen molar-refractivity contribution in [3.05, 3.63) is 47.5 Å². The van der Waals surface area contributed by atoms with Gasteiger partial charge in [0.05, 0.1) is 0 Å². The minimum Gasteiger partial charge on any atom is -0.355 e. The molecule has 0 heterocycles. The van der Waals surface area contributed by atoms with Crippen molar-refractivity contribution in [2.45, 2.75) is 13.3 Å². The molecule has 2 rings (SSSR count). The van der Waals surface area contributed by atoms with Gasteiger partial charge in [0.1, 0.15) is 0 Å². The summed E-state index contributed by atoms with van der Waals surface area (Å²) in [4.78, 5) is 11.5. The molecule has 0 saturated carbocycles. The van der Waals surface area contributed by atoms with E-state index in [2.05, 4.69) is 30.4 Å². The van der Waals surface area contributed by atoms with Crippen LogP contribution in [-0.2, 0) is 6.42 Å². The van der Waals surface area contributed by atoms with Crippen LogP contribution in [0.4, 0.5) is 0 Å². The number of rotatable bonds is 2. The van der Waals surface area contributed by atoms with E-state index in [4.69, 9.17) is 0 Å². The molecule has 2 aromatic rings. The Morgan fingerprint density at radius 1 is 1.12 bits per heavy atom. The summed E-state index contributed by atoms with van der Waals surface area (Å²) in [7, 11) is 1.65. The van der Waals surface area contributed by atoms with Crippen LogP contribution in [0.1, 0.15) is 22.8 Å². The molecule has 0 aromatic heterocycles. The predicted octanol–water partition coefficient (Wildman–Crippen LogP) is 2.76. The summed E-state index contributed by atoms with van der Waals surface area (Å²) >= 11 is 0. The Balaban J connectivity index is 2.51. The molecule has 0 spiro atoms. The topological polar surface area (TPSA) is 29.1 Å². The average Bonchev–Trinajstić information content (AvgIpc) is 2.36. The van der Waals surface area contributed by atoms with Crippen LogP contribution in [0.15, 0.2) is 36.4 Å². The Bertz CT molecular complexity index is 531. The molecule has 0 unspecified atom stereocenters. The van der Waals surface area contributed by atoms with Gasteiger partial charge in [-0.2, -0.15) is 0 Å². The quantitative estimate of drug-likeness (QED) is 0.816. The minimum atomic E-state index is -0.0403. The van der Waals surface area contributed by atoms with Gasteiger partial charge in [-0.15, -0.1) is 0 Å². The van der Waals surface area contributed by atoms with Crippen LogP contribution < -0.4 is 5.32 Å². The third-order valence-electron chi connectivity index (χ3n) is 2.80. The van der Waals surface area contributed by atoms with Crippen LogP contribution in [0.5, 0.6) is 0 Å². The van der Waals surface area contributed by atoms with Crippen molar-refractivity contribution in [3.8, 4) is 0 Å². The zero-order chi connectivity index (χ0) is 11.5. The highest BCUT2D eigenvalue weighted by molar-refractivity contribution is 5.98. The maximum atomic E-state index is 11.5. The van der Waals surface area contributed by atoms with E-state index in [0.29, 0.717) is 5.56 Å². The fourth-order valence-corrected chi connectivity index (χ4v) is 1.80. The predicted molar refractivity (Wildman–Crippen MR) is 66.7 cm³/mol. The standard InChI is InChI=1S/C14H15NO/c1-3-10-4-5-12-9-13(14(16)15-2)7-6-11(12)8-10/h4-9H,3H2,1-2H3,(H,15,16). The van der Waals surface area contributed by atoms with Crippen molar-refractivity contribution >= 4 is 16.7 Å². The molecule has 1 amide bonds. The summed E-state index contributed by atoms with van der Waals surface area (Å²) in [5, 5.41) is 4.93. The van der Waals surface area contributed by atoms with Crippen molar-refractivity contribution in [2.75, 3.05) is 7.05 Å². The Morgan fingerprint density at radius 3 is 2.50 bits per heavy atom. The summed E-state index contributed by atoms with van der Waals surface area (Å²) in [6.45, 7) is 2.14. The fraction of sp³-hybridized carbons (Fsp3) is 0.214. The number of hydrogen-bond donors (Lipinski definition) is 1. The van der Waals surface area contributed by atoms with Crippen molar-refractivity contribution < 1.29 is 4.79 Å². The molecule has 0 aliphatic rings. The Kier molecular flexibility index (Phi) is 2.91. The van der Waals surface area contributed by atoms with Gasteiger partial charge in [0, 0.05) is 12.6 Å². The molecule has 0 saturated heterocycles. The molecule has 2 nitrogen and oxygen atoms in total. The van der Waals surface area contributed by atoms with E-state index < -0.39 is 0 Å². The third kappa shape index (κ3) is 1.91. The Hall–Kier alpha value is -1.83. The van der Waals surface area contributed by atoms with Gasteiger partial charge in [-0.3, -0.25) is 4.79 Å². The summed E-state index contributed by atoms with van der Waals surface area (Å²) < 4.78 is 0. The van der Waals surface area contributed by atoms with Gasteiger partial charge in [0.25, 0.3) is 5.91 Å². The van der Waals surface area contributed by atoms with Crippen LogP contribution in [0.25, 0.3) is 10.8 Å². The summed E-state index contributed by atoms with van der Waals surface area (Å²) in [5.41, 5.74) is 2.03. The summed E-state index contributed by atoms with van der Waals surface area (Å²) in [6.07, 6.45) is 1.03. The average molecular weight is 213 g/mol. The second-order valence-corrected chi connectivity index (χ2v) is 3.83. The zero-order valence-electron chi connectivity index (χ0n) is 9.58. The van der Waals surface area contributed by atoms with Gasteiger partial charge >= 0.3 is 0 Å². The normalized spacial score (nSPS) is 10.4. The van der Waals surface area contributed by atoms with Gasteiger partial charge in [0.2, 0.25) is 0 Å². The molecule has 1 N–H and O–H groups in total. The van der Waals surface area contributed by atoms with E-state index in [1.165, 1.54) is 10.9 Å². The van der Waals surface area contributed by atoms with E-state index in [1.807, 2.05) is 18.2 Å². The molecular formula is C14H15NO. The largest absolute Gasteiger partial charge is 0.355 e. The van der Waals surface area contributed by atoms with Gasteiger partial charge in [0.15, 0.2) is 0 Å². The van der Waals surface area contributed by atoms with Crippen LogP contribution in [-0.4, -0.2) is 13.0 Å². The van der Waals surface area contributed by atoms with Crippen LogP contribution >= 0.6 is 0 Å².